The third-order valence-electron chi connectivity index (χ3n) is 12.9. The van der Waals surface area contributed by atoms with Crippen molar-refractivity contribution in [2.75, 3.05) is 81.1 Å². The van der Waals surface area contributed by atoms with Gasteiger partial charge in [0.1, 0.15) is 23.9 Å². The number of likely N-dealkylation sites (N-methyl/N-ethyl adjacent to an activating group) is 1. The number of benzene rings is 2. The minimum Gasteiger partial charge on any atom is -0.489 e. The number of anilines is 4. The molecule has 5 aliphatic heterocycles. The van der Waals surface area contributed by atoms with E-state index in [9.17, 15) is 19.2 Å². The molecule has 1 aliphatic carbocycles. The van der Waals surface area contributed by atoms with E-state index in [-0.39, 0.29) is 41.4 Å². The fourth-order valence-corrected chi connectivity index (χ4v) is 9.94. The number of hydrogen-bond acceptors (Lipinski definition) is 13. The van der Waals surface area contributed by atoms with E-state index in [0.717, 1.165) is 87.4 Å². The number of rotatable bonds is 8. The molecule has 58 heavy (non-hydrogen) atoms. The van der Waals surface area contributed by atoms with E-state index in [4.69, 9.17) is 20.0 Å². The van der Waals surface area contributed by atoms with Crippen LogP contribution in [0, 0.1) is 5.92 Å². The van der Waals surface area contributed by atoms with Crippen LogP contribution < -0.4 is 30.9 Å². The van der Waals surface area contributed by atoms with Crippen LogP contribution in [0.15, 0.2) is 41.1 Å². The minimum absolute atomic E-state index is 0.0519. The second-order valence-electron chi connectivity index (χ2n) is 16.6. The van der Waals surface area contributed by atoms with E-state index in [2.05, 4.69) is 47.6 Å². The predicted octanol–water partition coefficient (Wildman–Crippen LogP) is 2.61. The van der Waals surface area contributed by atoms with Crippen molar-refractivity contribution in [2.45, 2.75) is 56.5 Å². The average molecular weight is 790 g/mol. The maximum absolute atomic E-state index is 12.7. The van der Waals surface area contributed by atoms with Crippen LogP contribution in [0.3, 0.4) is 0 Å². The molecule has 4 fully saturated rings. The van der Waals surface area contributed by atoms with Crippen molar-refractivity contribution in [1.82, 2.24) is 35.1 Å². The molecule has 2 aromatic heterocycles. The van der Waals surface area contributed by atoms with E-state index in [1.165, 1.54) is 11.1 Å². The molecule has 0 radical (unpaired) electrons. The molecule has 0 saturated carbocycles. The molecule has 1 unspecified atom stereocenters. The number of imide groups is 1. The van der Waals surface area contributed by atoms with Crippen LogP contribution in [0.1, 0.15) is 58.9 Å². The number of urea groups is 1. The van der Waals surface area contributed by atoms with Crippen LogP contribution in [0.2, 0.25) is 0 Å². The number of amides is 5. The summed E-state index contributed by atoms with van der Waals surface area (Å²) >= 11 is 0. The van der Waals surface area contributed by atoms with Crippen molar-refractivity contribution in [3.05, 3.63) is 59.0 Å². The van der Waals surface area contributed by atoms with Crippen LogP contribution in [-0.4, -0.2) is 132 Å². The lowest BCUT2D eigenvalue weighted by Gasteiger charge is -2.46. The van der Waals surface area contributed by atoms with Crippen LogP contribution in [0.5, 0.6) is 5.75 Å². The van der Waals surface area contributed by atoms with Gasteiger partial charge in [0.15, 0.2) is 17.1 Å². The molecule has 7 heterocycles. The van der Waals surface area contributed by atoms with Crippen LogP contribution in [-0.2, 0) is 22.4 Å². The SMILES string of the molecule is CN1CCN([C@@H]2CCCN(c3cnc(C(N)=O)c(Nc4ccc5c(c4)OC[C@H]4CN(C[C@@H]6Cc7ccc8c(C9CCC(=O)NC9=O)noc8c7C6)CCN54)n3)C2)C1=O. The van der Waals surface area contributed by atoms with Gasteiger partial charge in [-0.3, -0.25) is 24.6 Å². The Morgan fingerprint density at radius 3 is 2.71 bits per heavy atom. The molecule has 302 valence electrons. The van der Waals surface area contributed by atoms with Gasteiger partial charge >= 0.3 is 6.03 Å². The van der Waals surface area contributed by atoms with Gasteiger partial charge in [-0.1, -0.05) is 11.2 Å². The number of carbonyl (C=O) groups is 4. The first kappa shape index (κ1) is 36.4. The first-order chi connectivity index (χ1) is 28.2. The van der Waals surface area contributed by atoms with Gasteiger partial charge in [-0.2, -0.15) is 0 Å². The van der Waals surface area contributed by atoms with Crippen LogP contribution in [0.4, 0.5) is 27.8 Å². The van der Waals surface area contributed by atoms with Crippen molar-refractivity contribution in [3.63, 3.8) is 0 Å². The number of primary amides is 1. The summed E-state index contributed by atoms with van der Waals surface area (Å²) in [6.45, 7) is 7.03. The lowest BCUT2D eigenvalue weighted by molar-refractivity contribution is -0.134. The minimum atomic E-state index is -0.676. The maximum atomic E-state index is 12.7. The smallest absolute Gasteiger partial charge is 0.320 e. The van der Waals surface area contributed by atoms with Crippen LogP contribution in [0.25, 0.3) is 11.0 Å². The summed E-state index contributed by atoms with van der Waals surface area (Å²) in [6, 6.07) is 10.5. The summed E-state index contributed by atoms with van der Waals surface area (Å²) in [6.07, 6.45) is 6.01. The number of nitrogens with one attached hydrogen (secondary N) is 2. The molecule has 5 amide bonds. The lowest BCUT2D eigenvalue weighted by Crippen LogP contribution is -2.57. The van der Waals surface area contributed by atoms with E-state index in [1.807, 2.05) is 30.1 Å². The number of piperazine rings is 1. The fourth-order valence-electron chi connectivity index (χ4n) is 9.94. The van der Waals surface area contributed by atoms with Crippen molar-refractivity contribution < 1.29 is 28.4 Å². The molecule has 4 N–H and O–H groups in total. The topological polar surface area (TPSA) is 196 Å². The highest BCUT2D eigenvalue weighted by atomic mass is 16.5. The Balaban J connectivity index is 0.785. The Hall–Kier alpha value is -5.97. The van der Waals surface area contributed by atoms with Gasteiger partial charge in [0.05, 0.1) is 29.9 Å². The predicted molar refractivity (Wildman–Crippen MR) is 213 cm³/mol. The summed E-state index contributed by atoms with van der Waals surface area (Å²) in [5.41, 5.74) is 11.4. The van der Waals surface area contributed by atoms with E-state index < -0.39 is 11.8 Å². The summed E-state index contributed by atoms with van der Waals surface area (Å²) in [7, 11) is 1.83. The summed E-state index contributed by atoms with van der Waals surface area (Å²) < 4.78 is 12.3. The highest BCUT2D eigenvalue weighted by Gasteiger charge is 2.38. The van der Waals surface area contributed by atoms with Gasteiger partial charge in [-0.05, 0) is 61.8 Å². The third kappa shape index (κ3) is 6.50. The van der Waals surface area contributed by atoms with Crippen molar-refractivity contribution in [2.24, 2.45) is 11.7 Å². The summed E-state index contributed by atoms with van der Waals surface area (Å²) in [5, 5.41) is 10.9. The number of nitrogens with two attached hydrogens (primary N) is 1. The first-order valence-corrected chi connectivity index (χ1v) is 20.4. The molecule has 17 nitrogen and oxygen atoms in total. The zero-order valence-electron chi connectivity index (χ0n) is 32.5. The highest BCUT2D eigenvalue weighted by Crippen LogP contribution is 2.40. The first-order valence-electron chi connectivity index (χ1n) is 20.4. The zero-order chi connectivity index (χ0) is 39.7. The van der Waals surface area contributed by atoms with Crippen LogP contribution >= 0.6 is 0 Å². The Bertz CT molecular complexity index is 2330. The molecule has 4 saturated heterocycles. The number of fused-ring (bicyclic) bond motifs is 6. The van der Waals surface area contributed by atoms with Gasteiger partial charge < -0.3 is 39.9 Å². The van der Waals surface area contributed by atoms with Crippen molar-refractivity contribution in [3.8, 4) is 5.75 Å². The van der Waals surface area contributed by atoms with Crippen molar-refractivity contribution >= 4 is 57.7 Å². The molecule has 0 bridgehead atoms. The molecule has 2 aromatic carbocycles. The van der Waals surface area contributed by atoms with Gasteiger partial charge in [-0.25, -0.2) is 14.8 Å². The van der Waals surface area contributed by atoms with Gasteiger partial charge in [-0.15, -0.1) is 0 Å². The molecular formula is C41H47N11O6. The number of ether oxygens (including phenoxy) is 1. The summed E-state index contributed by atoms with van der Waals surface area (Å²) in [5.74, 6) is 0.392. The highest BCUT2D eigenvalue weighted by molar-refractivity contribution is 6.02. The Labute approximate surface area is 334 Å². The Kier molecular flexibility index (Phi) is 9.06. The average Bonchev–Trinajstić information content (AvgIpc) is 3.93. The van der Waals surface area contributed by atoms with E-state index >= 15 is 0 Å². The monoisotopic (exact) mass is 789 g/mol. The molecule has 4 atom stereocenters. The molecule has 17 heteroatoms. The Morgan fingerprint density at radius 1 is 1.00 bits per heavy atom. The standard InChI is InChI=1S/C41H47N11O6/c1-48-11-13-52(41(48)56)26-3-2-10-50(21-26)33-18-43-36(38(42)54)39(45-33)44-25-5-8-31-32(17-25)57-22-27-20-49(12-14-51(27)31)19-23-15-24-4-6-28-35(47-58-37(28)30(24)16-23)29-7-9-34(53)46-40(29)55/h4-6,8,17-18,23,26-27,29H,2-3,7,9-16,19-22H2,1H3,(H2,42,54)(H,44,45)(H,46,53,55)/t23-,26-,27-,29?/m1/s1. The quantitative estimate of drug-likeness (QED) is 0.221. The number of piperidine rings is 2. The lowest BCUT2D eigenvalue weighted by atomic mass is 9.92. The number of aromatic nitrogens is 3. The second kappa shape index (κ2) is 14.4. The molecule has 10 rings (SSSR count). The van der Waals surface area contributed by atoms with Gasteiger partial charge in [0, 0.05) is 88.5 Å². The summed E-state index contributed by atoms with van der Waals surface area (Å²) in [4.78, 5) is 69.5. The normalized spacial score (nSPS) is 24.7. The molecule has 4 aromatic rings. The fraction of sp³-hybridized carbons (Fsp3) is 0.488. The van der Waals surface area contributed by atoms with Gasteiger partial charge in [0.2, 0.25) is 11.8 Å². The zero-order valence-corrected chi connectivity index (χ0v) is 32.5. The number of nitrogens with zero attached hydrogens (tertiary/aromatic N) is 8. The maximum Gasteiger partial charge on any atom is 0.320 e. The molecule has 6 aliphatic rings. The number of hydrogen-bond donors (Lipinski definition) is 3. The van der Waals surface area contributed by atoms with Crippen molar-refractivity contribution in [1.29, 1.82) is 0 Å². The van der Waals surface area contributed by atoms with E-state index in [1.54, 1.807) is 11.1 Å². The van der Waals surface area contributed by atoms with E-state index in [0.29, 0.717) is 55.7 Å². The molecule has 0 spiro atoms. The molecular weight excluding hydrogens is 743 g/mol. The number of carbonyl (C=O) groups excluding carboxylic acids is 4. The second-order valence-corrected chi connectivity index (χ2v) is 16.6. The third-order valence-corrected chi connectivity index (χ3v) is 12.9. The van der Waals surface area contributed by atoms with Gasteiger partial charge in [0.25, 0.3) is 5.91 Å². The largest absolute Gasteiger partial charge is 0.489 e. The Morgan fingerprint density at radius 2 is 1.88 bits per heavy atom.